The highest BCUT2D eigenvalue weighted by atomic mass is 19.1. The van der Waals surface area contributed by atoms with Crippen molar-refractivity contribution < 1.29 is 18.4 Å². The van der Waals surface area contributed by atoms with Gasteiger partial charge in [0.2, 0.25) is 5.89 Å². The number of oxime groups is 1. The summed E-state index contributed by atoms with van der Waals surface area (Å²) < 4.78 is 18.4. The van der Waals surface area contributed by atoms with Crippen molar-refractivity contribution in [3.8, 4) is 0 Å². The summed E-state index contributed by atoms with van der Waals surface area (Å²) in [5, 5.41) is 6.70. The lowest BCUT2D eigenvalue weighted by molar-refractivity contribution is 0.0938. The number of rotatable bonds is 4. The molecule has 0 saturated carbocycles. The number of hydrogen-bond acceptors (Lipinski definition) is 5. The molecule has 0 atom stereocenters. The molecular weight excluding hydrogens is 313 g/mol. The van der Waals surface area contributed by atoms with Crippen LogP contribution in [-0.4, -0.2) is 22.6 Å². The van der Waals surface area contributed by atoms with Gasteiger partial charge in [-0.3, -0.25) is 4.79 Å². The van der Waals surface area contributed by atoms with Gasteiger partial charge in [-0.1, -0.05) is 17.3 Å². The van der Waals surface area contributed by atoms with E-state index in [-0.39, 0.29) is 23.5 Å². The number of aromatic nitrogens is 1. The summed E-state index contributed by atoms with van der Waals surface area (Å²) in [5.74, 6) is -0.330. The van der Waals surface area contributed by atoms with Crippen LogP contribution >= 0.6 is 0 Å². The molecule has 0 fully saturated rings. The lowest BCUT2D eigenvalue weighted by Gasteiger charge is -2.11. The lowest BCUT2D eigenvalue weighted by Crippen LogP contribution is -2.30. The maximum absolute atomic E-state index is 13.0. The maximum Gasteiger partial charge on any atom is 0.273 e. The molecule has 1 aliphatic rings. The molecule has 3 rings (SSSR count). The van der Waals surface area contributed by atoms with E-state index in [1.165, 1.54) is 24.7 Å². The molecule has 24 heavy (non-hydrogen) atoms. The van der Waals surface area contributed by atoms with E-state index in [4.69, 9.17) is 9.25 Å². The second-order valence-corrected chi connectivity index (χ2v) is 5.64. The van der Waals surface area contributed by atoms with Crippen LogP contribution in [0.25, 0.3) is 5.57 Å². The van der Waals surface area contributed by atoms with E-state index in [1.54, 1.807) is 12.1 Å². The van der Waals surface area contributed by atoms with Crippen LogP contribution in [0.15, 0.2) is 46.4 Å². The van der Waals surface area contributed by atoms with Crippen LogP contribution in [0.4, 0.5) is 4.39 Å². The Morgan fingerprint density at radius 1 is 1.29 bits per heavy atom. The van der Waals surface area contributed by atoms with Crippen LogP contribution < -0.4 is 5.32 Å². The number of carbonyl (C=O) groups excluding carboxylic acids is 1. The predicted octanol–water partition coefficient (Wildman–Crippen LogP) is 3.12. The average molecular weight is 329 g/mol. The standard InChI is InChI=1S/C17H16FN3O3/c1-10(2)19-16(22)15-9-23-17(20-15)12-7-14(21-24-8-12)11-3-5-13(18)6-4-11/h3-6,8-10H,7H2,1-2H3,(H,19,22). The summed E-state index contributed by atoms with van der Waals surface area (Å²) in [5.41, 5.74) is 2.21. The van der Waals surface area contributed by atoms with Crippen LogP contribution in [-0.2, 0) is 4.84 Å². The van der Waals surface area contributed by atoms with Gasteiger partial charge in [0, 0.05) is 12.5 Å². The number of benzene rings is 1. The molecule has 1 aliphatic heterocycles. The molecule has 6 nitrogen and oxygen atoms in total. The first-order valence-corrected chi connectivity index (χ1v) is 7.47. The van der Waals surface area contributed by atoms with E-state index in [2.05, 4.69) is 15.5 Å². The van der Waals surface area contributed by atoms with Crippen molar-refractivity contribution in [1.29, 1.82) is 0 Å². The number of nitrogens with one attached hydrogen (secondary N) is 1. The van der Waals surface area contributed by atoms with Gasteiger partial charge < -0.3 is 14.6 Å². The smallest absolute Gasteiger partial charge is 0.273 e. The molecule has 1 aromatic heterocycles. The van der Waals surface area contributed by atoms with E-state index >= 15 is 0 Å². The lowest BCUT2D eigenvalue weighted by atomic mass is 10.0. The summed E-state index contributed by atoms with van der Waals surface area (Å²) in [6, 6.07) is 5.96. The van der Waals surface area contributed by atoms with Gasteiger partial charge >= 0.3 is 0 Å². The normalized spacial score (nSPS) is 14.0. The Morgan fingerprint density at radius 3 is 2.75 bits per heavy atom. The summed E-state index contributed by atoms with van der Waals surface area (Å²) in [6.45, 7) is 3.73. The molecule has 1 aromatic carbocycles. The fraction of sp³-hybridized carbons (Fsp3) is 0.235. The fourth-order valence-corrected chi connectivity index (χ4v) is 2.19. The zero-order valence-electron chi connectivity index (χ0n) is 13.2. The second-order valence-electron chi connectivity index (χ2n) is 5.64. The quantitative estimate of drug-likeness (QED) is 0.935. The van der Waals surface area contributed by atoms with Crippen molar-refractivity contribution in [1.82, 2.24) is 10.3 Å². The molecule has 1 amide bonds. The topological polar surface area (TPSA) is 76.7 Å². The summed E-state index contributed by atoms with van der Waals surface area (Å²) in [7, 11) is 0. The van der Waals surface area contributed by atoms with Gasteiger partial charge in [-0.15, -0.1) is 0 Å². The number of halogens is 1. The van der Waals surface area contributed by atoms with E-state index in [1.807, 2.05) is 13.8 Å². The molecule has 0 saturated heterocycles. The first-order chi connectivity index (χ1) is 11.5. The van der Waals surface area contributed by atoms with E-state index in [0.29, 0.717) is 23.6 Å². The van der Waals surface area contributed by atoms with E-state index < -0.39 is 0 Å². The highest BCUT2D eigenvalue weighted by Gasteiger charge is 2.20. The van der Waals surface area contributed by atoms with Crippen LogP contribution in [0.3, 0.4) is 0 Å². The molecule has 0 unspecified atom stereocenters. The molecule has 0 aliphatic carbocycles. The Hall–Kier alpha value is -2.96. The molecule has 0 radical (unpaired) electrons. The zero-order valence-corrected chi connectivity index (χ0v) is 13.2. The summed E-state index contributed by atoms with van der Waals surface area (Å²) in [6.07, 6.45) is 3.12. The molecule has 2 heterocycles. The van der Waals surface area contributed by atoms with E-state index in [9.17, 15) is 9.18 Å². The number of hydrogen-bond donors (Lipinski definition) is 1. The summed E-state index contributed by atoms with van der Waals surface area (Å²) >= 11 is 0. The monoisotopic (exact) mass is 329 g/mol. The third-order valence-electron chi connectivity index (χ3n) is 3.32. The largest absolute Gasteiger partial charge is 0.444 e. The summed E-state index contributed by atoms with van der Waals surface area (Å²) in [4.78, 5) is 21.2. The van der Waals surface area contributed by atoms with Crippen LogP contribution in [0, 0.1) is 5.82 Å². The molecule has 2 aromatic rings. The third kappa shape index (κ3) is 3.51. The van der Waals surface area contributed by atoms with Crippen molar-refractivity contribution >= 4 is 17.2 Å². The SMILES string of the molecule is CC(C)NC(=O)c1coc(C2=CON=C(c3ccc(F)cc3)C2)n1. The second kappa shape index (κ2) is 6.66. The Bertz CT molecular complexity index is 807. The number of allylic oxidation sites excluding steroid dienone is 1. The minimum Gasteiger partial charge on any atom is -0.444 e. The third-order valence-corrected chi connectivity index (χ3v) is 3.32. The zero-order chi connectivity index (χ0) is 17.1. The van der Waals surface area contributed by atoms with Crippen LogP contribution in [0.2, 0.25) is 0 Å². The molecule has 0 bridgehead atoms. The Balaban J connectivity index is 1.74. The van der Waals surface area contributed by atoms with Gasteiger partial charge in [0.05, 0.1) is 11.3 Å². The number of oxazole rings is 1. The van der Waals surface area contributed by atoms with Gasteiger partial charge in [-0.25, -0.2) is 9.37 Å². The van der Waals surface area contributed by atoms with Crippen molar-refractivity contribution in [2.45, 2.75) is 26.3 Å². The van der Waals surface area contributed by atoms with Crippen molar-refractivity contribution in [2.24, 2.45) is 5.16 Å². The Labute approximate surface area is 138 Å². The van der Waals surface area contributed by atoms with Crippen molar-refractivity contribution in [3.63, 3.8) is 0 Å². The first kappa shape index (κ1) is 15.9. The highest BCUT2D eigenvalue weighted by Crippen LogP contribution is 2.24. The van der Waals surface area contributed by atoms with Crippen molar-refractivity contribution in [2.75, 3.05) is 0 Å². The Kier molecular flexibility index (Phi) is 4.41. The van der Waals surface area contributed by atoms with Crippen LogP contribution in [0.1, 0.15) is 42.2 Å². The minimum absolute atomic E-state index is 0.00657. The van der Waals surface area contributed by atoms with Gasteiger partial charge in [-0.05, 0) is 31.5 Å². The fourth-order valence-electron chi connectivity index (χ4n) is 2.19. The van der Waals surface area contributed by atoms with Gasteiger partial charge in [0.1, 0.15) is 18.3 Å². The number of amides is 1. The Morgan fingerprint density at radius 2 is 2.04 bits per heavy atom. The highest BCUT2D eigenvalue weighted by molar-refractivity contribution is 6.06. The van der Waals surface area contributed by atoms with Crippen molar-refractivity contribution in [3.05, 3.63) is 59.8 Å². The molecule has 1 N–H and O–H groups in total. The predicted molar refractivity (Wildman–Crippen MR) is 85.7 cm³/mol. The van der Waals surface area contributed by atoms with Gasteiger partial charge in [-0.2, -0.15) is 0 Å². The maximum atomic E-state index is 13.0. The minimum atomic E-state index is -0.319. The average Bonchev–Trinajstić information content (AvgIpc) is 3.05. The first-order valence-electron chi connectivity index (χ1n) is 7.47. The molecule has 124 valence electrons. The van der Waals surface area contributed by atoms with E-state index in [0.717, 1.165) is 5.56 Å². The van der Waals surface area contributed by atoms with Gasteiger partial charge in [0.15, 0.2) is 5.69 Å². The number of carbonyl (C=O) groups is 1. The number of nitrogens with zero attached hydrogens (tertiary/aromatic N) is 2. The molecule has 0 spiro atoms. The van der Waals surface area contributed by atoms with Crippen LogP contribution in [0.5, 0.6) is 0 Å². The molecular formula is C17H16FN3O3. The molecule has 7 heteroatoms. The van der Waals surface area contributed by atoms with Gasteiger partial charge in [0.25, 0.3) is 5.91 Å².